The molecule has 3 nitrogen and oxygen atoms in total. The van der Waals surface area contributed by atoms with Gasteiger partial charge in [-0.25, -0.2) is 0 Å². The quantitative estimate of drug-likeness (QED) is 0.511. The number of benzene rings is 2. The summed E-state index contributed by atoms with van der Waals surface area (Å²) in [5.41, 5.74) is 8.21. The van der Waals surface area contributed by atoms with E-state index < -0.39 is 0 Å². The number of fused-ring (bicyclic) bond motifs is 4. The van der Waals surface area contributed by atoms with Crippen molar-refractivity contribution in [3.63, 3.8) is 0 Å². The maximum atomic E-state index is 5.50. The van der Waals surface area contributed by atoms with Crippen LogP contribution in [-0.2, 0) is 0 Å². The fourth-order valence-electron chi connectivity index (χ4n) is 3.39. The first-order valence-electron chi connectivity index (χ1n) is 7.98. The third-order valence-electron chi connectivity index (χ3n) is 4.53. The Hall–Kier alpha value is -3.07. The van der Waals surface area contributed by atoms with Crippen LogP contribution in [0.1, 0.15) is 22.3 Å². The highest BCUT2D eigenvalue weighted by atomic mass is 16.7. The number of hydrogen-bond donors (Lipinski definition) is 0. The molecule has 24 heavy (non-hydrogen) atoms. The van der Waals surface area contributed by atoms with Crippen molar-refractivity contribution < 1.29 is 9.47 Å². The topological polar surface area (TPSA) is 31.4 Å². The zero-order valence-corrected chi connectivity index (χ0v) is 13.2. The average Bonchev–Trinajstić information content (AvgIpc) is 3.18. The molecule has 0 amide bonds. The van der Waals surface area contributed by atoms with Gasteiger partial charge in [0, 0.05) is 17.3 Å². The van der Waals surface area contributed by atoms with Gasteiger partial charge in [-0.1, -0.05) is 35.9 Å². The second kappa shape index (κ2) is 4.96. The summed E-state index contributed by atoms with van der Waals surface area (Å²) in [5, 5.41) is 0. The van der Waals surface area contributed by atoms with E-state index in [1.165, 1.54) is 27.8 Å². The van der Waals surface area contributed by atoms with Crippen molar-refractivity contribution in [1.82, 2.24) is 4.98 Å². The molecule has 1 aromatic heterocycles. The van der Waals surface area contributed by atoms with E-state index in [4.69, 9.17) is 9.47 Å². The van der Waals surface area contributed by atoms with Gasteiger partial charge in [0.2, 0.25) is 6.79 Å². The second-order valence-corrected chi connectivity index (χ2v) is 6.12. The Morgan fingerprint density at radius 2 is 1.83 bits per heavy atom. The molecule has 0 radical (unpaired) electrons. The Balaban J connectivity index is 1.71. The van der Waals surface area contributed by atoms with E-state index in [-0.39, 0.29) is 0 Å². The Kier molecular flexibility index (Phi) is 2.77. The van der Waals surface area contributed by atoms with E-state index in [0.29, 0.717) is 6.79 Å². The smallest absolute Gasteiger partial charge is 0.231 e. The highest BCUT2D eigenvalue weighted by Crippen LogP contribution is 2.44. The van der Waals surface area contributed by atoms with Crippen molar-refractivity contribution >= 4 is 11.6 Å². The van der Waals surface area contributed by atoms with Crippen LogP contribution in [0.5, 0.6) is 11.5 Å². The normalized spacial score (nSPS) is 15.5. The van der Waals surface area contributed by atoms with Crippen LogP contribution in [0.2, 0.25) is 0 Å². The van der Waals surface area contributed by atoms with Crippen molar-refractivity contribution in [1.29, 1.82) is 0 Å². The summed E-state index contributed by atoms with van der Waals surface area (Å²) in [7, 11) is 0. The molecule has 2 aromatic carbocycles. The number of nitrogens with zero attached hydrogens (tertiary/aromatic N) is 1. The molecule has 0 saturated heterocycles. The maximum absolute atomic E-state index is 5.50. The molecule has 3 aromatic rings. The molecule has 0 atom stereocenters. The number of ether oxygens (including phenoxy) is 2. The largest absolute Gasteiger partial charge is 0.454 e. The molecular formula is C21H15NO2. The highest BCUT2D eigenvalue weighted by molar-refractivity contribution is 6.05. The summed E-state index contributed by atoms with van der Waals surface area (Å²) in [5.74, 6) is 1.61. The van der Waals surface area contributed by atoms with Gasteiger partial charge < -0.3 is 9.47 Å². The standard InChI is InChI=1S/C21H15NO2/c1-13-4-6-16-17(9-13)18(15-3-2-8-22-21(15)16)10-14-5-7-19-20(11-14)24-12-23-19/h2-11H,12H2,1H3/b18-10-. The Morgan fingerprint density at radius 1 is 0.917 bits per heavy atom. The van der Waals surface area contributed by atoms with Crippen LogP contribution in [-0.4, -0.2) is 11.8 Å². The molecule has 0 saturated carbocycles. The third-order valence-corrected chi connectivity index (χ3v) is 4.53. The summed E-state index contributed by atoms with van der Waals surface area (Å²) < 4.78 is 10.9. The molecule has 116 valence electrons. The monoisotopic (exact) mass is 313 g/mol. The van der Waals surface area contributed by atoms with Gasteiger partial charge in [-0.2, -0.15) is 0 Å². The lowest BCUT2D eigenvalue weighted by molar-refractivity contribution is 0.174. The molecule has 0 bridgehead atoms. The molecule has 3 heteroatoms. The van der Waals surface area contributed by atoms with Gasteiger partial charge in [-0.3, -0.25) is 4.98 Å². The van der Waals surface area contributed by atoms with Crippen LogP contribution in [0.3, 0.4) is 0 Å². The lowest BCUT2D eigenvalue weighted by Gasteiger charge is -2.05. The van der Waals surface area contributed by atoms with Crippen LogP contribution in [0.4, 0.5) is 0 Å². The summed E-state index contributed by atoms with van der Waals surface area (Å²) in [6.07, 6.45) is 4.06. The minimum absolute atomic E-state index is 0.296. The zero-order chi connectivity index (χ0) is 16.1. The van der Waals surface area contributed by atoms with Crippen molar-refractivity contribution in [2.24, 2.45) is 0 Å². The van der Waals surface area contributed by atoms with Crippen molar-refractivity contribution in [2.45, 2.75) is 6.92 Å². The fraction of sp³-hybridized carbons (Fsp3) is 0.0952. The predicted octanol–water partition coefficient (Wildman–Crippen LogP) is 4.69. The molecule has 1 aliphatic heterocycles. The summed E-state index contributed by atoms with van der Waals surface area (Å²) in [6.45, 7) is 2.42. The Labute approximate surface area is 140 Å². The second-order valence-electron chi connectivity index (χ2n) is 6.12. The van der Waals surface area contributed by atoms with Crippen molar-refractivity contribution in [3.05, 3.63) is 77.0 Å². The van der Waals surface area contributed by atoms with Crippen LogP contribution in [0.25, 0.3) is 22.9 Å². The first-order valence-corrected chi connectivity index (χ1v) is 7.98. The minimum Gasteiger partial charge on any atom is -0.454 e. The van der Waals surface area contributed by atoms with Crippen LogP contribution in [0, 0.1) is 6.92 Å². The first kappa shape index (κ1) is 13.4. The molecular weight excluding hydrogens is 298 g/mol. The molecule has 2 aliphatic rings. The summed E-state index contributed by atoms with van der Waals surface area (Å²) in [6, 6.07) is 16.7. The van der Waals surface area contributed by atoms with Gasteiger partial charge in [-0.05, 0) is 47.9 Å². The van der Waals surface area contributed by atoms with E-state index in [0.717, 1.165) is 22.8 Å². The Morgan fingerprint density at radius 3 is 2.79 bits per heavy atom. The van der Waals surface area contributed by atoms with E-state index in [2.05, 4.69) is 48.3 Å². The van der Waals surface area contributed by atoms with E-state index >= 15 is 0 Å². The lowest BCUT2D eigenvalue weighted by atomic mass is 10.00. The van der Waals surface area contributed by atoms with Crippen LogP contribution >= 0.6 is 0 Å². The molecule has 1 aliphatic carbocycles. The number of aryl methyl sites for hydroxylation is 1. The SMILES string of the molecule is Cc1ccc2c(c1)/C(=C\c1ccc3c(c1)OCO3)c1cccnc1-2. The number of rotatable bonds is 1. The molecule has 5 rings (SSSR count). The zero-order valence-electron chi connectivity index (χ0n) is 13.2. The van der Waals surface area contributed by atoms with Gasteiger partial charge >= 0.3 is 0 Å². The number of hydrogen-bond acceptors (Lipinski definition) is 3. The number of aromatic nitrogens is 1. The average molecular weight is 313 g/mol. The molecule has 0 spiro atoms. The molecule has 2 heterocycles. The summed E-state index contributed by atoms with van der Waals surface area (Å²) in [4.78, 5) is 4.59. The first-order chi connectivity index (χ1) is 11.8. The van der Waals surface area contributed by atoms with Gasteiger partial charge in [0.1, 0.15) is 0 Å². The maximum Gasteiger partial charge on any atom is 0.231 e. The highest BCUT2D eigenvalue weighted by Gasteiger charge is 2.24. The van der Waals surface area contributed by atoms with Crippen LogP contribution in [0.15, 0.2) is 54.7 Å². The Bertz CT molecular complexity index is 1000. The lowest BCUT2D eigenvalue weighted by Crippen LogP contribution is -1.92. The van der Waals surface area contributed by atoms with Crippen molar-refractivity contribution in [3.8, 4) is 22.8 Å². The summed E-state index contributed by atoms with van der Waals surface area (Å²) >= 11 is 0. The fourth-order valence-corrected chi connectivity index (χ4v) is 3.39. The predicted molar refractivity (Wildman–Crippen MR) is 93.9 cm³/mol. The molecule has 0 unspecified atom stereocenters. The van der Waals surface area contributed by atoms with Crippen molar-refractivity contribution in [2.75, 3.05) is 6.79 Å². The molecule has 0 fully saturated rings. The number of pyridine rings is 1. The van der Waals surface area contributed by atoms with Crippen LogP contribution < -0.4 is 9.47 Å². The third kappa shape index (κ3) is 1.95. The van der Waals surface area contributed by atoms with E-state index in [1.54, 1.807) is 0 Å². The molecule has 0 N–H and O–H groups in total. The van der Waals surface area contributed by atoms with Gasteiger partial charge in [-0.15, -0.1) is 0 Å². The van der Waals surface area contributed by atoms with E-state index in [1.807, 2.05) is 24.4 Å². The van der Waals surface area contributed by atoms with Gasteiger partial charge in [0.25, 0.3) is 0 Å². The minimum atomic E-state index is 0.296. The van der Waals surface area contributed by atoms with Gasteiger partial charge in [0.05, 0.1) is 5.69 Å². The van der Waals surface area contributed by atoms with E-state index in [9.17, 15) is 0 Å². The van der Waals surface area contributed by atoms with Gasteiger partial charge in [0.15, 0.2) is 11.5 Å².